The van der Waals surface area contributed by atoms with Gasteiger partial charge in [0, 0.05) is 12.7 Å². The van der Waals surface area contributed by atoms with Gasteiger partial charge in [0.2, 0.25) is 5.88 Å². The van der Waals surface area contributed by atoms with Gasteiger partial charge in [0.15, 0.2) is 5.13 Å². The minimum Gasteiger partial charge on any atom is -0.492 e. The second kappa shape index (κ2) is 8.96. The van der Waals surface area contributed by atoms with Crippen molar-refractivity contribution in [3.8, 4) is 17.4 Å². The summed E-state index contributed by atoms with van der Waals surface area (Å²) in [7, 11) is 5.33. The fourth-order valence-electron chi connectivity index (χ4n) is 2.18. The molecule has 146 valence electrons. The number of para-hydroxylation sites is 1. The van der Waals surface area contributed by atoms with Crippen molar-refractivity contribution in [1.82, 2.24) is 9.29 Å². The number of hydrogen-bond acceptors (Lipinski definition) is 7. The molecule has 0 saturated carbocycles. The van der Waals surface area contributed by atoms with Crippen LogP contribution in [0.5, 0.6) is 17.4 Å². The molecule has 28 heavy (non-hydrogen) atoms. The zero-order valence-electron chi connectivity index (χ0n) is 15.6. The van der Waals surface area contributed by atoms with Gasteiger partial charge >= 0.3 is 6.03 Å². The lowest BCUT2D eigenvalue weighted by atomic mass is 10.3. The number of nitrogens with one attached hydrogen (secondary N) is 1. The Hall–Kier alpha value is -2.75. The van der Waals surface area contributed by atoms with Crippen LogP contribution in [0.15, 0.2) is 58.8 Å². The van der Waals surface area contributed by atoms with E-state index in [1.165, 1.54) is 28.2 Å². The number of rotatable bonds is 6. The molecule has 2 aromatic carbocycles. The highest BCUT2D eigenvalue weighted by Crippen LogP contribution is 2.38. The summed E-state index contributed by atoms with van der Waals surface area (Å²) in [6, 6.07) is 16.2. The van der Waals surface area contributed by atoms with Gasteiger partial charge in [-0.1, -0.05) is 29.5 Å². The highest BCUT2D eigenvalue weighted by molar-refractivity contribution is 7.99. The Morgan fingerprint density at radius 1 is 1.07 bits per heavy atom. The Bertz CT molecular complexity index is 930. The van der Waals surface area contributed by atoms with E-state index >= 15 is 0 Å². The maximum Gasteiger partial charge on any atom is 0.327 e. The third-order valence-corrected chi connectivity index (χ3v) is 5.61. The molecule has 3 aromatic rings. The minimum absolute atomic E-state index is 0.0826. The van der Waals surface area contributed by atoms with Crippen molar-refractivity contribution in [3.63, 3.8) is 0 Å². The molecule has 0 aliphatic carbocycles. The normalized spacial score (nSPS) is 10.7. The van der Waals surface area contributed by atoms with Gasteiger partial charge in [0.25, 0.3) is 0 Å². The third kappa shape index (κ3) is 5.16. The number of thiazole rings is 1. The largest absolute Gasteiger partial charge is 0.492 e. The SMILES string of the molecule is CN(C)Sc1sc(N(C)C(=O)Nc2ccc(Oc3ccccc3)cc2)nc1O. The summed E-state index contributed by atoms with van der Waals surface area (Å²) in [6.45, 7) is 0. The van der Waals surface area contributed by atoms with Crippen LogP contribution < -0.4 is 15.0 Å². The molecule has 3 rings (SSSR count). The summed E-state index contributed by atoms with van der Waals surface area (Å²) in [4.78, 5) is 17.9. The van der Waals surface area contributed by atoms with Gasteiger partial charge in [-0.25, -0.2) is 4.79 Å². The fourth-order valence-corrected chi connectivity index (χ4v) is 4.12. The average Bonchev–Trinajstić information content (AvgIpc) is 3.03. The lowest BCUT2D eigenvalue weighted by Gasteiger charge is -2.15. The van der Waals surface area contributed by atoms with Crippen molar-refractivity contribution in [3.05, 3.63) is 54.6 Å². The quantitative estimate of drug-likeness (QED) is 0.558. The number of aromatic hydroxyl groups is 1. The number of carbonyl (C=O) groups excluding carboxylic acids is 1. The van der Waals surface area contributed by atoms with Gasteiger partial charge in [-0.2, -0.15) is 4.98 Å². The second-order valence-corrected chi connectivity index (χ2v) is 8.50. The standard InChI is InChI=1S/C19H20N4O3S2/c1-22(2)28-17-16(24)21-19(27-17)23(3)18(25)20-13-9-11-15(12-10-13)26-14-7-5-4-6-8-14/h4-12,24H,1-3H3,(H,20,25). The monoisotopic (exact) mass is 416 g/mol. The second-order valence-electron chi connectivity index (χ2n) is 5.94. The molecule has 0 aliphatic rings. The Kier molecular flexibility index (Phi) is 6.40. The van der Waals surface area contributed by atoms with Crippen molar-refractivity contribution in [1.29, 1.82) is 0 Å². The van der Waals surface area contributed by atoms with E-state index in [2.05, 4.69) is 10.3 Å². The Labute approximate surface area is 171 Å². The summed E-state index contributed by atoms with van der Waals surface area (Å²) < 4.78 is 8.21. The molecule has 7 nitrogen and oxygen atoms in total. The molecule has 0 spiro atoms. The average molecular weight is 417 g/mol. The first-order valence-electron chi connectivity index (χ1n) is 8.35. The van der Waals surface area contributed by atoms with Crippen LogP contribution in [0.25, 0.3) is 0 Å². The molecule has 1 aromatic heterocycles. The third-order valence-electron chi connectivity index (χ3n) is 3.51. The van der Waals surface area contributed by atoms with Crippen molar-refractivity contribution < 1.29 is 14.6 Å². The summed E-state index contributed by atoms with van der Waals surface area (Å²) in [5.41, 5.74) is 0.626. The number of aromatic nitrogens is 1. The van der Waals surface area contributed by atoms with Crippen LogP contribution in [0.3, 0.4) is 0 Å². The summed E-state index contributed by atoms with van der Waals surface area (Å²) >= 11 is 2.59. The van der Waals surface area contributed by atoms with Crippen LogP contribution in [0.1, 0.15) is 0 Å². The molecule has 0 fully saturated rings. The maximum absolute atomic E-state index is 12.5. The van der Waals surface area contributed by atoms with Crippen LogP contribution in [0, 0.1) is 0 Å². The first kappa shape index (κ1) is 20.0. The van der Waals surface area contributed by atoms with Gasteiger partial charge in [0.1, 0.15) is 15.7 Å². The summed E-state index contributed by atoms with van der Waals surface area (Å²) in [5.74, 6) is 1.34. The maximum atomic E-state index is 12.5. The number of anilines is 2. The first-order chi connectivity index (χ1) is 13.4. The molecule has 1 heterocycles. The zero-order valence-corrected chi connectivity index (χ0v) is 17.3. The number of carbonyl (C=O) groups is 1. The van der Waals surface area contributed by atoms with E-state index in [1.807, 2.05) is 48.7 Å². The van der Waals surface area contributed by atoms with Crippen molar-refractivity contribution in [2.75, 3.05) is 31.4 Å². The molecular formula is C19H20N4O3S2. The molecule has 2 N–H and O–H groups in total. The molecule has 0 atom stereocenters. The number of urea groups is 1. The Balaban J connectivity index is 1.62. The van der Waals surface area contributed by atoms with Crippen molar-refractivity contribution >= 4 is 40.1 Å². The van der Waals surface area contributed by atoms with Gasteiger partial charge in [-0.3, -0.25) is 9.21 Å². The molecule has 0 bridgehead atoms. The van der Waals surface area contributed by atoms with E-state index in [4.69, 9.17) is 4.74 Å². The molecule has 0 aliphatic heterocycles. The minimum atomic E-state index is -0.355. The van der Waals surface area contributed by atoms with Gasteiger partial charge in [0.05, 0.1) is 0 Å². The number of benzene rings is 2. The van der Waals surface area contributed by atoms with E-state index in [0.717, 1.165) is 5.75 Å². The number of ether oxygens (including phenoxy) is 1. The lowest BCUT2D eigenvalue weighted by molar-refractivity contribution is 0.258. The van der Waals surface area contributed by atoms with E-state index in [1.54, 1.807) is 31.3 Å². The number of nitrogens with zero attached hydrogens (tertiary/aromatic N) is 3. The Morgan fingerprint density at radius 3 is 2.36 bits per heavy atom. The van der Waals surface area contributed by atoms with E-state index in [9.17, 15) is 9.90 Å². The molecule has 0 radical (unpaired) electrons. The number of hydrogen-bond donors (Lipinski definition) is 2. The molecular weight excluding hydrogens is 396 g/mol. The first-order valence-corrected chi connectivity index (χ1v) is 9.94. The predicted molar refractivity (Wildman–Crippen MR) is 114 cm³/mol. The number of amides is 2. The highest BCUT2D eigenvalue weighted by Gasteiger charge is 2.19. The highest BCUT2D eigenvalue weighted by atomic mass is 32.2. The van der Waals surface area contributed by atoms with Gasteiger partial charge < -0.3 is 15.2 Å². The van der Waals surface area contributed by atoms with Crippen LogP contribution in [-0.2, 0) is 0 Å². The van der Waals surface area contributed by atoms with E-state index < -0.39 is 0 Å². The van der Waals surface area contributed by atoms with Crippen molar-refractivity contribution in [2.24, 2.45) is 0 Å². The smallest absolute Gasteiger partial charge is 0.327 e. The Morgan fingerprint density at radius 2 is 1.71 bits per heavy atom. The van der Waals surface area contributed by atoms with Crippen LogP contribution in [0.2, 0.25) is 0 Å². The van der Waals surface area contributed by atoms with Crippen LogP contribution in [-0.4, -0.2) is 41.6 Å². The van der Waals surface area contributed by atoms with E-state index in [0.29, 0.717) is 20.8 Å². The summed E-state index contributed by atoms with van der Waals surface area (Å²) in [5, 5.41) is 13.1. The summed E-state index contributed by atoms with van der Waals surface area (Å²) in [6.07, 6.45) is 0. The van der Waals surface area contributed by atoms with Crippen molar-refractivity contribution in [2.45, 2.75) is 4.21 Å². The molecule has 9 heteroatoms. The van der Waals surface area contributed by atoms with Crippen LogP contribution in [0.4, 0.5) is 15.6 Å². The topological polar surface area (TPSA) is 77.9 Å². The van der Waals surface area contributed by atoms with E-state index in [-0.39, 0.29) is 11.9 Å². The molecule has 2 amide bonds. The lowest BCUT2D eigenvalue weighted by Crippen LogP contribution is -2.30. The predicted octanol–water partition coefficient (Wildman–Crippen LogP) is 4.88. The fraction of sp³-hybridized carbons (Fsp3) is 0.158. The molecule has 0 saturated heterocycles. The van der Waals surface area contributed by atoms with Crippen LogP contribution >= 0.6 is 23.3 Å². The van der Waals surface area contributed by atoms with Gasteiger partial charge in [-0.05, 0) is 62.4 Å². The van der Waals surface area contributed by atoms with Gasteiger partial charge in [-0.15, -0.1) is 0 Å². The molecule has 0 unspecified atom stereocenters. The zero-order chi connectivity index (χ0) is 20.1.